The highest BCUT2D eigenvalue weighted by Crippen LogP contribution is 2.36. The molecular formula is C34H37ClN2O13. The van der Waals surface area contributed by atoms with Gasteiger partial charge in [0.25, 0.3) is 0 Å². The number of hydrogen-bond donors (Lipinski definition) is 5. The standard InChI is InChI=1S/C34H37ClN2O13/c1-17(38)37-22-12-18(9-10-21(22)35)14-45-33-27(41)25(39)30(23(47-33)15-44-31(43)20-8-5-11-36-13-20)50-34-28(42)26(40)29-24(48-34)16-46-32(49-29)19-6-3-2-4-7-19/h2-13,23-30,32-34,39-42H,14-16H2,1H3,(H,37,38). The van der Waals surface area contributed by atoms with Gasteiger partial charge in [0, 0.05) is 24.9 Å². The number of aromatic nitrogens is 1. The smallest absolute Gasteiger partial charge is 0.339 e. The maximum absolute atomic E-state index is 12.8. The molecular weight excluding hydrogens is 680 g/mol. The van der Waals surface area contributed by atoms with Crippen LogP contribution in [0.5, 0.6) is 0 Å². The normalized spacial score (nSPS) is 32.5. The molecule has 2 aromatic carbocycles. The average Bonchev–Trinajstić information content (AvgIpc) is 3.13. The fourth-order valence-corrected chi connectivity index (χ4v) is 5.99. The number of halogens is 1. The Morgan fingerprint density at radius 1 is 0.940 bits per heavy atom. The second-order valence-electron chi connectivity index (χ2n) is 12.0. The predicted molar refractivity (Wildman–Crippen MR) is 171 cm³/mol. The van der Waals surface area contributed by atoms with Crippen LogP contribution < -0.4 is 5.32 Å². The average molecular weight is 717 g/mol. The fraction of sp³-hybridized carbons (Fsp3) is 0.441. The van der Waals surface area contributed by atoms with Crippen molar-refractivity contribution in [3.05, 3.63) is 94.8 Å². The summed E-state index contributed by atoms with van der Waals surface area (Å²) in [6.45, 7) is 0.686. The lowest BCUT2D eigenvalue weighted by atomic mass is 9.96. The minimum atomic E-state index is -1.72. The summed E-state index contributed by atoms with van der Waals surface area (Å²) < 4.78 is 41.0. The minimum absolute atomic E-state index is 0.0172. The Kier molecular flexibility index (Phi) is 11.7. The molecule has 3 aromatic rings. The molecule has 268 valence electrons. The monoisotopic (exact) mass is 716 g/mol. The van der Waals surface area contributed by atoms with Crippen molar-refractivity contribution in [3.63, 3.8) is 0 Å². The molecule has 0 radical (unpaired) electrons. The van der Waals surface area contributed by atoms with Gasteiger partial charge in [0.2, 0.25) is 5.91 Å². The second-order valence-corrected chi connectivity index (χ2v) is 12.4. The lowest BCUT2D eigenvalue weighted by Crippen LogP contribution is -2.66. The van der Waals surface area contributed by atoms with Crippen LogP contribution in [0.1, 0.15) is 34.7 Å². The van der Waals surface area contributed by atoms with E-state index >= 15 is 0 Å². The summed E-state index contributed by atoms with van der Waals surface area (Å²) in [5.41, 5.74) is 1.76. The molecule has 50 heavy (non-hydrogen) atoms. The van der Waals surface area contributed by atoms with Gasteiger partial charge in [-0.15, -0.1) is 0 Å². The first-order chi connectivity index (χ1) is 24.1. The highest BCUT2D eigenvalue weighted by atomic mass is 35.5. The number of rotatable bonds is 10. The summed E-state index contributed by atoms with van der Waals surface area (Å²) in [5.74, 6) is -1.08. The molecule has 11 unspecified atom stereocenters. The van der Waals surface area contributed by atoms with Gasteiger partial charge in [0.05, 0.1) is 29.5 Å². The third-order valence-electron chi connectivity index (χ3n) is 8.37. The molecule has 0 bridgehead atoms. The first kappa shape index (κ1) is 36.2. The topological polar surface area (TPSA) is 205 Å². The van der Waals surface area contributed by atoms with Crippen LogP contribution in [0, 0.1) is 0 Å². The molecule has 0 saturated carbocycles. The van der Waals surface area contributed by atoms with E-state index in [9.17, 15) is 30.0 Å². The number of amides is 1. The molecule has 1 aromatic heterocycles. The molecule has 4 heterocycles. The van der Waals surface area contributed by atoms with Crippen molar-refractivity contribution in [1.82, 2.24) is 4.98 Å². The summed E-state index contributed by atoms with van der Waals surface area (Å²) in [6.07, 6.45) is -12.1. The summed E-state index contributed by atoms with van der Waals surface area (Å²) in [4.78, 5) is 28.2. The number of hydrogen-bond acceptors (Lipinski definition) is 14. The highest BCUT2D eigenvalue weighted by Gasteiger charge is 2.53. The van der Waals surface area contributed by atoms with Gasteiger partial charge in [-0.05, 0) is 29.8 Å². The van der Waals surface area contributed by atoms with Gasteiger partial charge in [0.15, 0.2) is 18.9 Å². The zero-order valence-electron chi connectivity index (χ0n) is 26.7. The molecule has 1 amide bonds. The molecule has 3 fully saturated rings. The Hall–Kier alpha value is -3.58. The number of carbonyl (C=O) groups excluding carboxylic acids is 2. The molecule has 6 rings (SSSR count). The highest BCUT2D eigenvalue weighted by molar-refractivity contribution is 6.33. The van der Waals surface area contributed by atoms with E-state index in [1.807, 2.05) is 18.2 Å². The number of aliphatic hydroxyl groups excluding tert-OH is 4. The van der Waals surface area contributed by atoms with Crippen LogP contribution in [0.25, 0.3) is 0 Å². The van der Waals surface area contributed by atoms with E-state index in [0.717, 1.165) is 0 Å². The van der Waals surface area contributed by atoms with Crippen molar-refractivity contribution in [2.24, 2.45) is 0 Å². The van der Waals surface area contributed by atoms with E-state index < -0.39 is 80.3 Å². The van der Waals surface area contributed by atoms with E-state index in [-0.39, 0.29) is 24.7 Å². The quantitative estimate of drug-likeness (QED) is 0.189. The van der Waals surface area contributed by atoms with E-state index in [0.29, 0.717) is 21.8 Å². The van der Waals surface area contributed by atoms with Crippen LogP contribution in [-0.2, 0) is 44.6 Å². The maximum Gasteiger partial charge on any atom is 0.339 e. The number of nitrogens with zero attached hydrogens (tertiary/aromatic N) is 1. The van der Waals surface area contributed by atoms with Crippen molar-refractivity contribution in [3.8, 4) is 0 Å². The Bertz CT molecular complexity index is 1600. The van der Waals surface area contributed by atoms with Crippen LogP contribution in [0.3, 0.4) is 0 Å². The SMILES string of the molecule is CC(=O)Nc1cc(COC2OC(COC(=O)c3cccnc3)C(OC3OC4COC(c5ccccc5)OC4C(O)C3O)C(O)C2O)ccc1Cl. The first-order valence-electron chi connectivity index (χ1n) is 15.8. The maximum atomic E-state index is 12.8. The number of anilines is 1. The van der Waals surface area contributed by atoms with E-state index in [1.165, 1.54) is 25.4 Å². The van der Waals surface area contributed by atoms with Gasteiger partial charge in [-0.2, -0.15) is 0 Å². The molecule has 0 spiro atoms. The van der Waals surface area contributed by atoms with Crippen LogP contribution >= 0.6 is 11.6 Å². The van der Waals surface area contributed by atoms with Gasteiger partial charge in [0.1, 0.15) is 55.4 Å². The number of aliphatic hydroxyl groups is 4. The van der Waals surface area contributed by atoms with Gasteiger partial charge >= 0.3 is 5.97 Å². The van der Waals surface area contributed by atoms with Crippen LogP contribution in [0.4, 0.5) is 5.69 Å². The second kappa shape index (κ2) is 16.2. The summed E-state index contributed by atoms with van der Waals surface area (Å²) in [5, 5.41) is 47.4. The van der Waals surface area contributed by atoms with Crippen molar-refractivity contribution in [1.29, 1.82) is 0 Å². The Morgan fingerprint density at radius 2 is 1.72 bits per heavy atom. The molecule has 3 saturated heterocycles. The fourth-order valence-electron chi connectivity index (χ4n) is 5.82. The Morgan fingerprint density at radius 3 is 2.46 bits per heavy atom. The number of esters is 1. The lowest BCUT2D eigenvalue weighted by molar-refractivity contribution is -0.386. The number of nitrogens with one attached hydrogen (secondary N) is 1. The van der Waals surface area contributed by atoms with Gasteiger partial charge in [-0.25, -0.2) is 4.79 Å². The van der Waals surface area contributed by atoms with Gasteiger partial charge < -0.3 is 58.9 Å². The lowest BCUT2D eigenvalue weighted by Gasteiger charge is -2.48. The molecule has 16 heteroatoms. The third-order valence-corrected chi connectivity index (χ3v) is 8.70. The minimum Gasteiger partial charge on any atom is -0.459 e. The van der Waals surface area contributed by atoms with E-state index in [4.69, 9.17) is 44.8 Å². The van der Waals surface area contributed by atoms with Crippen molar-refractivity contribution >= 4 is 29.2 Å². The molecule has 0 aliphatic carbocycles. The van der Waals surface area contributed by atoms with Gasteiger partial charge in [-0.3, -0.25) is 9.78 Å². The Balaban J connectivity index is 1.16. The zero-order valence-corrected chi connectivity index (χ0v) is 27.4. The van der Waals surface area contributed by atoms with Crippen molar-refractivity contribution in [2.75, 3.05) is 18.5 Å². The van der Waals surface area contributed by atoms with Crippen LogP contribution in [0.2, 0.25) is 5.02 Å². The zero-order chi connectivity index (χ0) is 35.4. The number of carbonyl (C=O) groups is 2. The number of fused-ring (bicyclic) bond motifs is 1. The third kappa shape index (κ3) is 8.30. The van der Waals surface area contributed by atoms with Gasteiger partial charge in [-0.1, -0.05) is 48.0 Å². The van der Waals surface area contributed by atoms with E-state index in [1.54, 1.807) is 36.4 Å². The largest absolute Gasteiger partial charge is 0.459 e. The number of pyridine rings is 1. The number of ether oxygens (including phenoxy) is 7. The van der Waals surface area contributed by atoms with Crippen LogP contribution in [0.15, 0.2) is 73.1 Å². The van der Waals surface area contributed by atoms with Crippen LogP contribution in [-0.4, -0.2) is 112 Å². The Labute approximate surface area is 291 Å². The molecule has 5 N–H and O–H groups in total. The molecule has 3 aliphatic heterocycles. The predicted octanol–water partition coefficient (Wildman–Crippen LogP) is 1.46. The number of benzene rings is 2. The van der Waals surface area contributed by atoms with Crippen molar-refractivity contribution in [2.45, 2.75) is 81.2 Å². The summed E-state index contributed by atoms with van der Waals surface area (Å²) in [7, 11) is 0. The van der Waals surface area contributed by atoms with E-state index in [2.05, 4.69) is 10.3 Å². The summed E-state index contributed by atoms with van der Waals surface area (Å²) in [6, 6.07) is 16.9. The molecule has 3 aliphatic rings. The first-order valence-corrected chi connectivity index (χ1v) is 16.2. The molecule has 11 atom stereocenters. The summed E-state index contributed by atoms with van der Waals surface area (Å²) >= 11 is 6.17. The molecule has 15 nitrogen and oxygen atoms in total. The van der Waals surface area contributed by atoms with Crippen molar-refractivity contribution < 1.29 is 63.2 Å².